The van der Waals surface area contributed by atoms with Crippen molar-refractivity contribution in [3.05, 3.63) is 18.0 Å². The maximum atomic E-state index is 12.6. The molecule has 20 heavy (non-hydrogen) atoms. The van der Waals surface area contributed by atoms with Crippen molar-refractivity contribution in [2.45, 2.75) is 32.9 Å². The third-order valence-electron chi connectivity index (χ3n) is 2.99. The van der Waals surface area contributed by atoms with E-state index in [1.54, 1.807) is 0 Å². The number of aromatic nitrogens is 1. The van der Waals surface area contributed by atoms with Crippen LogP contribution in [-0.4, -0.2) is 23.2 Å². The van der Waals surface area contributed by atoms with Crippen LogP contribution >= 0.6 is 0 Å². The van der Waals surface area contributed by atoms with Crippen LogP contribution in [-0.2, 0) is 6.18 Å². The van der Waals surface area contributed by atoms with E-state index in [9.17, 15) is 13.2 Å². The summed E-state index contributed by atoms with van der Waals surface area (Å²) in [6.07, 6.45) is -2.08. The van der Waals surface area contributed by atoms with Crippen LogP contribution in [0, 0.1) is 5.41 Å². The van der Waals surface area contributed by atoms with E-state index in [4.69, 9.17) is 10.8 Å². The Morgan fingerprint density at radius 2 is 2.00 bits per heavy atom. The van der Waals surface area contributed by atoms with Gasteiger partial charge in [-0.05, 0) is 24.3 Å². The average molecular weight is 291 g/mol. The van der Waals surface area contributed by atoms with Gasteiger partial charge in [-0.15, -0.1) is 0 Å². The molecule has 0 saturated carbocycles. The summed E-state index contributed by atoms with van der Waals surface area (Å²) >= 11 is 0. The average Bonchev–Trinajstić information content (AvgIpc) is 2.34. The van der Waals surface area contributed by atoms with E-state index >= 15 is 0 Å². The first kappa shape index (κ1) is 16.6. The minimum atomic E-state index is -4.49. The molecule has 1 rings (SSSR count). The van der Waals surface area contributed by atoms with Crippen LogP contribution < -0.4 is 11.1 Å². The number of pyridine rings is 1. The Bertz CT molecular complexity index is 447. The molecule has 0 spiro atoms. The first-order chi connectivity index (χ1) is 9.15. The Kier molecular flexibility index (Phi) is 5.21. The summed E-state index contributed by atoms with van der Waals surface area (Å²) in [5.41, 5.74) is 4.91. The molecule has 7 heteroatoms. The second-order valence-corrected chi connectivity index (χ2v) is 5.50. The smallest absolute Gasteiger partial charge is 0.396 e. The molecule has 0 bridgehead atoms. The van der Waals surface area contributed by atoms with Gasteiger partial charge >= 0.3 is 6.18 Å². The molecule has 0 amide bonds. The van der Waals surface area contributed by atoms with Crippen molar-refractivity contribution in [1.29, 1.82) is 0 Å². The number of nitrogens with one attached hydrogen (secondary N) is 1. The van der Waals surface area contributed by atoms with Crippen molar-refractivity contribution >= 4 is 11.4 Å². The number of nitrogens with zero attached hydrogens (tertiary/aromatic N) is 1. The predicted octanol–water partition coefficient (Wildman–Crippen LogP) is 2.89. The number of nitrogens with two attached hydrogens (primary N) is 1. The maximum absolute atomic E-state index is 12.6. The third-order valence-corrected chi connectivity index (χ3v) is 2.99. The summed E-state index contributed by atoms with van der Waals surface area (Å²) in [5, 5.41) is 11.7. The Balaban J connectivity index is 2.77. The highest BCUT2D eigenvalue weighted by molar-refractivity contribution is 5.65. The van der Waals surface area contributed by atoms with Crippen LogP contribution in [0.2, 0.25) is 0 Å². The fourth-order valence-electron chi connectivity index (χ4n) is 1.75. The number of anilines is 2. The molecule has 0 saturated heterocycles. The zero-order chi connectivity index (χ0) is 15.4. The predicted molar refractivity (Wildman–Crippen MR) is 72.2 cm³/mol. The molecule has 0 radical (unpaired) electrons. The highest BCUT2D eigenvalue weighted by Crippen LogP contribution is 2.32. The highest BCUT2D eigenvalue weighted by atomic mass is 19.4. The Morgan fingerprint density at radius 3 is 2.55 bits per heavy atom. The third kappa shape index (κ3) is 4.88. The number of aliphatic hydroxyl groups excluding tert-OH is 1. The van der Waals surface area contributed by atoms with E-state index in [1.807, 2.05) is 13.8 Å². The van der Waals surface area contributed by atoms with Crippen LogP contribution in [0.25, 0.3) is 0 Å². The Hall–Kier alpha value is -1.50. The number of hydrogen-bond donors (Lipinski definition) is 3. The minimum absolute atomic E-state index is 0.0963. The van der Waals surface area contributed by atoms with Gasteiger partial charge in [0.05, 0.1) is 17.6 Å². The molecule has 0 aliphatic carbocycles. The maximum Gasteiger partial charge on any atom is 0.433 e. The molecule has 114 valence electrons. The van der Waals surface area contributed by atoms with Crippen molar-refractivity contribution < 1.29 is 18.3 Å². The summed E-state index contributed by atoms with van der Waals surface area (Å²) in [7, 11) is 0. The zero-order valence-electron chi connectivity index (χ0n) is 11.6. The van der Waals surface area contributed by atoms with E-state index in [-0.39, 0.29) is 23.4 Å². The van der Waals surface area contributed by atoms with Gasteiger partial charge in [0.15, 0.2) is 0 Å². The van der Waals surface area contributed by atoms with Gasteiger partial charge in [0.1, 0.15) is 5.69 Å². The lowest BCUT2D eigenvalue weighted by molar-refractivity contribution is -0.141. The second-order valence-electron chi connectivity index (χ2n) is 5.50. The van der Waals surface area contributed by atoms with Crippen LogP contribution in [0.3, 0.4) is 0 Å². The van der Waals surface area contributed by atoms with Crippen molar-refractivity contribution in [2.24, 2.45) is 5.41 Å². The molecule has 4 nitrogen and oxygen atoms in total. The topological polar surface area (TPSA) is 71.2 Å². The van der Waals surface area contributed by atoms with Gasteiger partial charge in [-0.2, -0.15) is 13.2 Å². The molecule has 0 fully saturated rings. The van der Waals surface area contributed by atoms with Gasteiger partial charge in [0.2, 0.25) is 0 Å². The molecule has 0 aromatic carbocycles. The molecule has 1 aromatic rings. The van der Waals surface area contributed by atoms with E-state index in [0.29, 0.717) is 13.0 Å². The quantitative estimate of drug-likeness (QED) is 0.753. The van der Waals surface area contributed by atoms with Crippen molar-refractivity contribution in [1.82, 2.24) is 4.98 Å². The Labute approximate surface area is 116 Å². The molecule has 1 aromatic heterocycles. The largest absolute Gasteiger partial charge is 0.433 e. The minimum Gasteiger partial charge on any atom is -0.396 e. The number of aliphatic hydroxyl groups is 1. The van der Waals surface area contributed by atoms with E-state index in [0.717, 1.165) is 18.7 Å². The summed E-state index contributed by atoms with van der Waals surface area (Å²) < 4.78 is 37.7. The van der Waals surface area contributed by atoms with Crippen molar-refractivity contribution in [3.8, 4) is 0 Å². The van der Waals surface area contributed by atoms with Gasteiger partial charge < -0.3 is 16.2 Å². The molecule has 0 aliphatic heterocycles. The molecular formula is C13H20F3N3O. The molecule has 0 atom stereocenters. The van der Waals surface area contributed by atoms with E-state index in [1.165, 1.54) is 0 Å². The van der Waals surface area contributed by atoms with Crippen LogP contribution in [0.5, 0.6) is 0 Å². The van der Waals surface area contributed by atoms with Gasteiger partial charge in [-0.1, -0.05) is 13.8 Å². The summed E-state index contributed by atoms with van der Waals surface area (Å²) in [6, 6.07) is 0.914. The van der Waals surface area contributed by atoms with Gasteiger partial charge in [0.25, 0.3) is 0 Å². The number of hydrogen-bond acceptors (Lipinski definition) is 4. The number of nitrogen functional groups attached to an aromatic ring is 1. The fourth-order valence-corrected chi connectivity index (χ4v) is 1.75. The summed E-state index contributed by atoms with van der Waals surface area (Å²) in [5.74, 6) is 0. The number of rotatable bonds is 6. The first-order valence-corrected chi connectivity index (χ1v) is 6.33. The van der Waals surface area contributed by atoms with Crippen LogP contribution in [0.4, 0.5) is 24.5 Å². The van der Waals surface area contributed by atoms with Crippen molar-refractivity contribution in [2.75, 3.05) is 24.2 Å². The molecular weight excluding hydrogens is 271 g/mol. The number of halogens is 3. The zero-order valence-corrected chi connectivity index (χ0v) is 11.6. The SMILES string of the molecule is CC(C)(CCCO)CNc1cc(C(F)(F)F)ncc1N. The van der Waals surface area contributed by atoms with Gasteiger partial charge in [0, 0.05) is 13.2 Å². The number of alkyl halides is 3. The molecule has 0 unspecified atom stereocenters. The van der Waals surface area contributed by atoms with Crippen LogP contribution in [0.1, 0.15) is 32.4 Å². The molecule has 4 N–H and O–H groups in total. The standard InChI is InChI=1S/C13H20F3N3O/c1-12(2,4-3-5-20)8-19-10-6-11(13(14,15)16)18-7-9(10)17/h6-7,20H,3-5,8,17H2,1-2H3,(H,18,19). The summed E-state index contributed by atoms with van der Waals surface area (Å²) in [6.45, 7) is 4.49. The van der Waals surface area contributed by atoms with Crippen LogP contribution in [0.15, 0.2) is 12.3 Å². The lowest BCUT2D eigenvalue weighted by Gasteiger charge is -2.25. The fraction of sp³-hybridized carbons (Fsp3) is 0.615. The van der Waals surface area contributed by atoms with E-state index in [2.05, 4.69) is 10.3 Å². The highest BCUT2D eigenvalue weighted by Gasteiger charge is 2.33. The Morgan fingerprint density at radius 1 is 1.35 bits per heavy atom. The van der Waals surface area contributed by atoms with Gasteiger partial charge in [-0.25, -0.2) is 4.98 Å². The monoisotopic (exact) mass is 291 g/mol. The molecule has 1 heterocycles. The van der Waals surface area contributed by atoms with Crippen molar-refractivity contribution in [3.63, 3.8) is 0 Å². The second kappa shape index (κ2) is 6.30. The first-order valence-electron chi connectivity index (χ1n) is 6.33. The lowest BCUT2D eigenvalue weighted by Crippen LogP contribution is -2.24. The normalized spacial score (nSPS) is 12.5. The summed E-state index contributed by atoms with van der Waals surface area (Å²) in [4.78, 5) is 3.28. The van der Waals surface area contributed by atoms with E-state index < -0.39 is 11.9 Å². The lowest BCUT2D eigenvalue weighted by atomic mass is 9.88. The molecule has 0 aliphatic rings. The van der Waals surface area contributed by atoms with Gasteiger partial charge in [-0.3, -0.25) is 0 Å².